The fourth-order valence-corrected chi connectivity index (χ4v) is 3.88. The fourth-order valence-electron chi connectivity index (χ4n) is 3.62. The van der Waals surface area contributed by atoms with Crippen LogP contribution in [0, 0.1) is 5.92 Å². The van der Waals surface area contributed by atoms with E-state index in [1.165, 1.54) is 6.92 Å². The quantitative estimate of drug-likeness (QED) is 0.169. The highest BCUT2D eigenvalue weighted by atomic mass is 32.1. The van der Waals surface area contributed by atoms with Gasteiger partial charge in [0.25, 0.3) is 0 Å². The van der Waals surface area contributed by atoms with Gasteiger partial charge in [-0.15, -0.1) is 0 Å². The molecule has 0 aliphatic carbocycles. The number of aromatic nitrogens is 1. The van der Waals surface area contributed by atoms with Gasteiger partial charge < -0.3 is 36.9 Å². The first-order chi connectivity index (χ1) is 17.0. The normalized spacial score (nSPS) is 16.3. The lowest BCUT2D eigenvalue weighted by atomic mass is 9.97. The summed E-state index contributed by atoms with van der Waals surface area (Å²) in [5, 5.41) is 27.7. The van der Waals surface area contributed by atoms with Crippen LogP contribution < -0.4 is 21.7 Å². The van der Waals surface area contributed by atoms with E-state index in [9.17, 15) is 29.4 Å². The monoisotopic (exact) mass is 521 g/mol. The molecule has 3 amide bonds. The molecule has 198 valence electrons. The smallest absolute Gasteiger partial charge is 0.326 e. The first kappa shape index (κ1) is 29.1. The van der Waals surface area contributed by atoms with Gasteiger partial charge in [-0.2, -0.15) is 12.6 Å². The van der Waals surface area contributed by atoms with Crippen molar-refractivity contribution >= 4 is 47.2 Å². The van der Waals surface area contributed by atoms with Crippen LogP contribution in [0.4, 0.5) is 0 Å². The molecule has 6 unspecified atom stereocenters. The molecule has 36 heavy (non-hydrogen) atoms. The Labute approximate surface area is 215 Å². The second kappa shape index (κ2) is 13.3. The van der Waals surface area contributed by atoms with Crippen LogP contribution in [0.2, 0.25) is 0 Å². The molecule has 8 N–H and O–H groups in total. The number of rotatable bonds is 13. The summed E-state index contributed by atoms with van der Waals surface area (Å²) in [6.45, 7) is 4.94. The van der Waals surface area contributed by atoms with Gasteiger partial charge in [-0.1, -0.05) is 38.5 Å². The number of amides is 3. The van der Waals surface area contributed by atoms with Crippen LogP contribution in [0.15, 0.2) is 30.5 Å². The molecule has 2 aromatic rings. The van der Waals surface area contributed by atoms with E-state index in [0.29, 0.717) is 6.42 Å². The van der Waals surface area contributed by atoms with Crippen LogP contribution in [-0.4, -0.2) is 74.9 Å². The van der Waals surface area contributed by atoms with E-state index < -0.39 is 54.0 Å². The van der Waals surface area contributed by atoms with Crippen molar-refractivity contribution in [1.29, 1.82) is 0 Å². The number of para-hydroxylation sites is 1. The Hall–Kier alpha value is -3.09. The van der Waals surface area contributed by atoms with E-state index >= 15 is 0 Å². The number of hydrogen-bond donors (Lipinski definition) is 8. The minimum Gasteiger partial charge on any atom is -0.480 e. The zero-order valence-electron chi connectivity index (χ0n) is 20.5. The summed E-state index contributed by atoms with van der Waals surface area (Å²) >= 11 is 4.15. The number of H-pyrrole nitrogens is 1. The Balaban J connectivity index is 2.12. The molecular weight excluding hydrogens is 486 g/mol. The van der Waals surface area contributed by atoms with E-state index in [1.807, 2.05) is 31.2 Å². The molecule has 0 bridgehead atoms. The lowest BCUT2D eigenvalue weighted by molar-refractivity contribution is -0.142. The topological polar surface area (TPSA) is 187 Å². The molecule has 1 aromatic carbocycles. The van der Waals surface area contributed by atoms with E-state index in [0.717, 1.165) is 16.5 Å². The Morgan fingerprint density at radius 2 is 1.67 bits per heavy atom. The van der Waals surface area contributed by atoms with Crippen molar-refractivity contribution in [1.82, 2.24) is 20.9 Å². The number of carbonyl (C=O) groups is 4. The third-order valence-corrected chi connectivity index (χ3v) is 6.51. The second-order valence-electron chi connectivity index (χ2n) is 8.84. The number of aliphatic carboxylic acids is 1. The Morgan fingerprint density at radius 3 is 2.25 bits per heavy atom. The van der Waals surface area contributed by atoms with Crippen molar-refractivity contribution in [2.45, 2.75) is 63.9 Å². The molecule has 0 saturated carbocycles. The van der Waals surface area contributed by atoms with Crippen LogP contribution >= 0.6 is 12.6 Å². The van der Waals surface area contributed by atoms with Gasteiger partial charge in [-0.25, -0.2) is 4.79 Å². The minimum absolute atomic E-state index is 0.0289. The number of hydrogen-bond acceptors (Lipinski definition) is 7. The number of carbonyl (C=O) groups excluding carboxylic acids is 3. The maximum absolute atomic E-state index is 13.0. The third-order valence-electron chi connectivity index (χ3n) is 6.14. The third kappa shape index (κ3) is 7.45. The predicted octanol–water partition coefficient (Wildman–Crippen LogP) is -0.0666. The van der Waals surface area contributed by atoms with Gasteiger partial charge in [-0.3, -0.25) is 14.4 Å². The van der Waals surface area contributed by atoms with Crippen LogP contribution in [0.3, 0.4) is 0 Å². The Kier molecular flexibility index (Phi) is 10.8. The number of fused-ring (bicyclic) bond motifs is 1. The lowest BCUT2D eigenvalue weighted by Gasteiger charge is -2.28. The van der Waals surface area contributed by atoms with Crippen molar-refractivity contribution in [2.24, 2.45) is 11.7 Å². The highest BCUT2D eigenvalue weighted by Crippen LogP contribution is 2.19. The molecule has 1 aromatic heterocycles. The minimum atomic E-state index is -1.25. The summed E-state index contributed by atoms with van der Waals surface area (Å²) in [4.78, 5) is 53.2. The average Bonchev–Trinajstić information content (AvgIpc) is 3.26. The van der Waals surface area contributed by atoms with Gasteiger partial charge in [0.1, 0.15) is 24.2 Å². The van der Waals surface area contributed by atoms with E-state index in [-0.39, 0.29) is 18.1 Å². The van der Waals surface area contributed by atoms with Crippen LogP contribution in [0.5, 0.6) is 0 Å². The van der Waals surface area contributed by atoms with Crippen LogP contribution in [0.1, 0.15) is 32.8 Å². The number of carboxylic acid groups (broad SMARTS) is 1. The summed E-state index contributed by atoms with van der Waals surface area (Å²) in [5.74, 6) is -3.72. The van der Waals surface area contributed by atoms with Crippen LogP contribution in [0.25, 0.3) is 10.9 Å². The highest BCUT2D eigenvalue weighted by molar-refractivity contribution is 7.80. The molecule has 1 heterocycles. The number of nitrogens with one attached hydrogen (secondary N) is 4. The first-order valence-corrected chi connectivity index (χ1v) is 12.4. The number of nitrogens with two attached hydrogens (primary N) is 1. The van der Waals surface area contributed by atoms with Gasteiger partial charge in [0.05, 0.1) is 6.10 Å². The first-order valence-electron chi connectivity index (χ1n) is 11.7. The molecule has 0 saturated heterocycles. The van der Waals surface area contributed by atoms with E-state index in [2.05, 4.69) is 33.6 Å². The van der Waals surface area contributed by atoms with E-state index in [4.69, 9.17) is 5.73 Å². The molecule has 0 spiro atoms. The summed E-state index contributed by atoms with van der Waals surface area (Å²) in [6, 6.07) is 2.75. The summed E-state index contributed by atoms with van der Waals surface area (Å²) in [6.07, 6.45) is 1.14. The molecule has 12 heteroatoms. The average molecular weight is 522 g/mol. The van der Waals surface area contributed by atoms with E-state index in [1.54, 1.807) is 13.1 Å². The highest BCUT2D eigenvalue weighted by Gasteiger charge is 2.32. The van der Waals surface area contributed by atoms with Crippen molar-refractivity contribution in [3.05, 3.63) is 36.0 Å². The lowest BCUT2D eigenvalue weighted by Crippen LogP contribution is -2.60. The molecule has 0 fully saturated rings. The van der Waals surface area contributed by atoms with Crippen molar-refractivity contribution in [3.8, 4) is 0 Å². The molecule has 6 atom stereocenters. The van der Waals surface area contributed by atoms with Gasteiger partial charge in [-0.05, 0) is 24.5 Å². The van der Waals surface area contributed by atoms with Crippen molar-refractivity contribution in [3.63, 3.8) is 0 Å². The SMILES string of the molecule is CCC(C)C(NC(=O)C(N)C(C)O)C(=O)NC(CS)C(=O)NC(Cc1c[nH]c2ccccc12)C(=O)O. The maximum Gasteiger partial charge on any atom is 0.326 e. The molecule has 11 nitrogen and oxygen atoms in total. The van der Waals surface area contributed by atoms with Crippen molar-refractivity contribution < 1.29 is 29.4 Å². The van der Waals surface area contributed by atoms with Crippen molar-refractivity contribution in [2.75, 3.05) is 5.75 Å². The van der Waals surface area contributed by atoms with Gasteiger partial charge in [0.2, 0.25) is 17.7 Å². The maximum atomic E-state index is 13.0. The second-order valence-corrected chi connectivity index (χ2v) is 9.21. The number of benzene rings is 1. The molecule has 0 aliphatic heterocycles. The molecular formula is C24H35N5O6S. The number of aliphatic hydroxyl groups is 1. The van der Waals surface area contributed by atoms with Gasteiger partial charge in [0, 0.05) is 29.3 Å². The number of thiol groups is 1. The van der Waals surface area contributed by atoms with Gasteiger partial charge >= 0.3 is 5.97 Å². The number of aromatic amines is 1. The number of aliphatic hydroxyl groups excluding tert-OH is 1. The molecule has 0 radical (unpaired) electrons. The summed E-state index contributed by atoms with van der Waals surface area (Å²) < 4.78 is 0. The summed E-state index contributed by atoms with van der Waals surface area (Å²) in [5.41, 5.74) is 7.24. The Bertz CT molecular complexity index is 1070. The van der Waals surface area contributed by atoms with Crippen LogP contribution in [-0.2, 0) is 25.6 Å². The Morgan fingerprint density at radius 1 is 1.03 bits per heavy atom. The zero-order valence-corrected chi connectivity index (χ0v) is 21.4. The predicted molar refractivity (Wildman–Crippen MR) is 138 cm³/mol. The molecule has 0 aliphatic rings. The standard InChI is InChI=1S/C24H35N5O6S/c1-4-12(2)20(29-22(32)19(25)13(3)30)23(33)28-18(11-36)21(31)27-17(24(34)35)9-14-10-26-16-8-6-5-7-15(14)16/h5-8,10,12-13,17-20,26,30,36H,4,9,11,25H2,1-3H3,(H,27,31)(H,28,33)(H,29,32)(H,34,35). The van der Waals surface area contributed by atoms with Gasteiger partial charge in [0.15, 0.2) is 0 Å². The fraction of sp³-hybridized carbons (Fsp3) is 0.500. The number of carboxylic acids is 1. The molecule has 2 rings (SSSR count). The zero-order chi connectivity index (χ0) is 27.0. The summed E-state index contributed by atoms with van der Waals surface area (Å²) in [7, 11) is 0. The largest absolute Gasteiger partial charge is 0.480 e.